The monoisotopic (exact) mass is 526 g/mol. The van der Waals surface area contributed by atoms with Crippen LogP contribution in [0.25, 0.3) is 0 Å². The van der Waals surface area contributed by atoms with Crippen molar-refractivity contribution in [2.75, 3.05) is 13.2 Å². The van der Waals surface area contributed by atoms with Crippen LogP contribution in [0.1, 0.15) is 52.9 Å². The minimum atomic E-state index is -6.59. The maximum absolute atomic E-state index is 13.7. The first-order valence-electron chi connectivity index (χ1n) is 10.3. The lowest BCUT2D eigenvalue weighted by Crippen LogP contribution is -2.53. The van der Waals surface area contributed by atoms with Crippen molar-refractivity contribution >= 4 is 28.0 Å². The highest BCUT2D eigenvalue weighted by atomic mass is 32.2. The zero-order valence-corrected chi connectivity index (χ0v) is 19.5. The summed E-state index contributed by atoms with van der Waals surface area (Å²) in [4.78, 5) is 36.6. The second-order valence-corrected chi connectivity index (χ2v) is 9.93. The largest absolute Gasteiger partial charge is 0.462 e. The van der Waals surface area contributed by atoms with E-state index in [4.69, 9.17) is 14.0 Å². The molecule has 0 spiro atoms. The van der Waals surface area contributed by atoms with E-state index in [-0.39, 0.29) is 25.9 Å². The number of hydrogen-bond donors (Lipinski definition) is 1. The minimum absolute atomic E-state index is 0.0351. The molecule has 1 rings (SSSR count). The van der Waals surface area contributed by atoms with Gasteiger partial charge in [-0.2, -0.15) is 30.4 Å². The molecule has 1 aliphatic carbocycles. The molecule has 1 saturated carbocycles. The number of ether oxygens (including phenoxy) is 3. The van der Waals surface area contributed by atoms with Crippen molar-refractivity contribution in [2.24, 2.45) is 17.3 Å². The fraction of sp³-hybridized carbons (Fsp3) is 0.842. The molecule has 0 amide bonds. The van der Waals surface area contributed by atoms with Crippen LogP contribution in [0.2, 0.25) is 0 Å². The van der Waals surface area contributed by atoms with Crippen molar-refractivity contribution in [3.63, 3.8) is 0 Å². The summed E-state index contributed by atoms with van der Waals surface area (Å²) >= 11 is 0. The van der Waals surface area contributed by atoms with E-state index in [1.165, 1.54) is 0 Å². The van der Waals surface area contributed by atoms with Crippen molar-refractivity contribution in [2.45, 2.75) is 70.4 Å². The van der Waals surface area contributed by atoms with Gasteiger partial charge in [-0.25, -0.2) is 0 Å². The van der Waals surface area contributed by atoms with Gasteiger partial charge in [-0.05, 0) is 33.1 Å². The van der Waals surface area contributed by atoms with Crippen LogP contribution in [0.15, 0.2) is 0 Å². The summed E-state index contributed by atoms with van der Waals surface area (Å²) in [5.41, 5.74) is -0.776. The molecular formula is C19H27F5O9S. The van der Waals surface area contributed by atoms with E-state index in [0.717, 1.165) is 0 Å². The smallest absolute Gasteiger partial charge is 0.432 e. The third kappa shape index (κ3) is 7.48. The Kier molecular flexibility index (Phi) is 9.83. The van der Waals surface area contributed by atoms with Gasteiger partial charge in [0.25, 0.3) is 6.10 Å². The highest BCUT2D eigenvalue weighted by Crippen LogP contribution is 2.40. The molecule has 9 nitrogen and oxygen atoms in total. The number of halogens is 5. The minimum Gasteiger partial charge on any atom is -0.462 e. The lowest BCUT2D eigenvalue weighted by Gasteiger charge is -2.31. The van der Waals surface area contributed by atoms with Crippen LogP contribution in [0, 0.1) is 17.3 Å². The molecule has 1 aliphatic rings. The van der Waals surface area contributed by atoms with Gasteiger partial charge in [0.15, 0.2) is 0 Å². The van der Waals surface area contributed by atoms with E-state index in [0.29, 0.717) is 12.8 Å². The highest BCUT2D eigenvalue weighted by molar-refractivity contribution is 7.86. The molecule has 34 heavy (non-hydrogen) atoms. The average Bonchev–Trinajstić information content (AvgIpc) is 2.72. The predicted molar refractivity (Wildman–Crippen MR) is 104 cm³/mol. The molecular weight excluding hydrogens is 499 g/mol. The second-order valence-electron chi connectivity index (χ2n) is 8.43. The maximum Gasteiger partial charge on any atom is 0.432 e. The van der Waals surface area contributed by atoms with E-state index in [1.54, 1.807) is 20.8 Å². The number of carbonyl (C=O) groups excluding carboxylic acids is 3. The Morgan fingerprint density at radius 2 is 1.41 bits per heavy atom. The number of carbonyl (C=O) groups is 3. The van der Waals surface area contributed by atoms with Crippen LogP contribution < -0.4 is 0 Å². The van der Waals surface area contributed by atoms with Crippen molar-refractivity contribution in [3.05, 3.63) is 0 Å². The van der Waals surface area contributed by atoms with Crippen molar-refractivity contribution in [1.82, 2.24) is 0 Å². The van der Waals surface area contributed by atoms with Gasteiger partial charge in [0.1, 0.15) is 13.2 Å². The first kappa shape index (κ1) is 30.0. The third-order valence-corrected chi connectivity index (χ3v) is 6.45. The molecule has 1 fully saturated rings. The van der Waals surface area contributed by atoms with Crippen molar-refractivity contribution < 1.29 is 63.5 Å². The van der Waals surface area contributed by atoms with Crippen LogP contribution in [-0.4, -0.2) is 61.6 Å². The van der Waals surface area contributed by atoms with Crippen LogP contribution in [0.3, 0.4) is 0 Å². The van der Waals surface area contributed by atoms with E-state index in [2.05, 4.69) is 4.74 Å². The van der Waals surface area contributed by atoms with Crippen molar-refractivity contribution in [3.8, 4) is 0 Å². The summed E-state index contributed by atoms with van der Waals surface area (Å²) in [6.45, 7) is 4.29. The van der Waals surface area contributed by atoms with Gasteiger partial charge in [0, 0.05) is 0 Å². The summed E-state index contributed by atoms with van der Waals surface area (Å²) in [7, 11) is -6.59. The molecule has 0 radical (unpaired) electrons. The maximum atomic E-state index is 13.7. The Morgan fingerprint density at radius 1 is 0.941 bits per heavy atom. The fourth-order valence-electron chi connectivity index (χ4n) is 3.08. The molecule has 3 atom stereocenters. The molecule has 0 bridgehead atoms. The number of alkyl halides is 5. The van der Waals surface area contributed by atoms with Gasteiger partial charge < -0.3 is 14.2 Å². The molecule has 0 heterocycles. The van der Waals surface area contributed by atoms with Gasteiger partial charge >= 0.3 is 39.5 Å². The van der Waals surface area contributed by atoms with Crippen molar-refractivity contribution in [1.29, 1.82) is 0 Å². The SMILES string of the molecule is CCC(C)(C)C(=O)OCCOC(=O)C1CCCCC1C(=O)OC(C(F)(F)F)C(F)(F)S(=O)(=O)O. The molecule has 0 aromatic heterocycles. The summed E-state index contributed by atoms with van der Waals surface area (Å²) < 4.78 is 110. The van der Waals surface area contributed by atoms with Crippen LogP contribution in [0.5, 0.6) is 0 Å². The van der Waals surface area contributed by atoms with E-state index >= 15 is 0 Å². The zero-order valence-electron chi connectivity index (χ0n) is 18.7. The van der Waals surface area contributed by atoms with Crippen LogP contribution in [0.4, 0.5) is 22.0 Å². The molecule has 0 aliphatic heterocycles. The Balaban J connectivity index is 2.87. The Bertz CT molecular complexity index is 855. The molecule has 3 unspecified atom stereocenters. The lowest BCUT2D eigenvalue weighted by atomic mass is 9.79. The standard InChI is InChI=1S/C19H27F5O9S/c1-4-17(2,3)16(27)32-10-9-31-13(25)11-7-5-6-8-12(11)14(26)33-15(18(20,21)22)19(23,24)34(28,29)30/h11-12,15H,4-10H2,1-3H3,(H,28,29,30). The molecule has 0 aromatic carbocycles. The van der Waals surface area contributed by atoms with Gasteiger partial charge in [-0.1, -0.05) is 19.8 Å². The lowest BCUT2D eigenvalue weighted by molar-refractivity contribution is -0.261. The zero-order chi connectivity index (χ0) is 26.5. The summed E-state index contributed by atoms with van der Waals surface area (Å²) in [6, 6.07) is 0. The number of hydrogen-bond acceptors (Lipinski definition) is 8. The van der Waals surface area contributed by atoms with Crippen LogP contribution in [-0.2, 0) is 38.7 Å². The Morgan fingerprint density at radius 3 is 1.85 bits per heavy atom. The normalized spacial score (nSPS) is 20.9. The fourth-order valence-corrected chi connectivity index (χ4v) is 3.54. The second kappa shape index (κ2) is 11.1. The highest BCUT2D eigenvalue weighted by Gasteiger charge is 2.66. The summed E-state index contributed by atoms with van der Waals surface area (Å²) in [6.07, 6.45) is -9.68. The molecule has 198 valence electrons. The first-order chi connectivity index (χ1) is 15.4. The quantitative estimate of drug-likeness (QED) is 0.150. The van der Waals surface area contributed by atoms with E-state index in [1.807, 2.05) is 0 Å². The van der Waals surface area contributed by atoms with E-state index < -0.39 is 69.4 Å². The Hall–Kier alpha value is -2.03. The average molecular weight is 526 g/mol. The number of esters is 3. The van der Waals surface area contributed by atoms with E-state index in [9.17, 15) is 44.8 Å². The molecule has 15 heteroatoms. The van der Waals surface area contributed by atoms with Gasteiger partial charge in [0.05, 0.1) is 17.3 Å². The number of rotatable bonds is 10. The predicted octanol–water partition coefficient (Wildman–Crippen LogP) is 3.27. The van der Waals surface area contributed by atoms with Gasteiger partial charge in [-0.15, -0.1) is 0 Å². The topological polar surface area (TPSA) is 133 Å². The van der Waals surface area contributed by atoms with Gasteiger partial charge in [0.2, 0.25) is 0 Å². The molecule has 1 N–H and O–H groups in total. The molecule has 0 saturated heterocycles. The van der Waals surface area contributed by atoms with Gasteiger partial charge in [-0.3, -0.25) is 18.9 Å². The Labute approximate surface area is 193 Å². The summed E-state index contributed by atoms with van der Waals surface area (Å²) in [5, 5.41) is -5.87. The summed E-state index contributed by atoms with van der Waals surface area (Å²) in [5.74, 6) is -6.45. The molecule has 0 aromatic rings. The van der Waals surface area contributed by atoms with Crippen LogP contribution >= 0.6 is 0 Å². The first-order valence-corrected chi connectivity index (χ1v) is 11.8. The third-order valence-electron chi connectivity index (χ3n) is 5.55.